The molecule has 1 heterocycles. The molecule has 0 bridgehead atoms. The number of nitrogens with zero attached hydrogens (tertiary/aromatic N) is 1. The Morgan fingerprint density at radius 2 is 2.14 bits per heavy atom. The molecule has 0 spiro atoms. The van der Waals surface area contributed by atoms with Crippen molar-refractivity contribution in [3.05, 3.63) is 22.4 Å². The highest BCUT2D eigenvalue weighted by molar-refractivity contribution is 7.09. The Labute approximate surface area is 132 Å². The predicted molar refractivity (Wildman–Crippen MR) is 87.8 cm³/mol. The van der Waals surface area contributed by atoms with Crippen LogP contribution in [0.1, 0.15) is 25.1 Å². The lowest BCUT2D eigenvalue weighted by Gasteiger charge is -2.24. The van der Waals surface area contributed by atoms with Crippen molar-refractivity contribution in [1.29, 1.82) is 0 Å². The molecule has 1 aromatic heterocycles. The molecule has 1 aromatic rings. The highest BCUT2D eigenvalue weighted by Crippen LogP contribution is 2.12. The largest absolute Gasteiger partial charge is 0.389 e. The van der Waals surface area contributed by atoms with E-state index in [1.54, 1.807) is 18.4 Å². The third-order valence-electron chi connectivity index (χ3n) is 3.01. The third kappa shape index (κ3) is 9.22. The molecule has 21 heavy (non-hydrogen) atoms. The standard InChI is InChI=1S/C16H29NO3S/c1-14(2)12-20-13-15(18)10-17(7-5-8-19-3)11-16-6-4-9-21-16/h4,6,9,14-15,18H,5,7-8,10-13H2,1-3H3/t15-/m1/s1. The summed E-state index contributed by atoms with van der Waals surface area (Å²) >= 11 is 1.75. The number of methoxy groups -OCH3 is 1. The molecule has 0 aliphatic heterocycles. The third-order valence-corrected chi connectivity index (χ3v) is 3.87. The second kappa shape index (κ2) is 11.2. The number of hydrogen-bond acceptors (Lipinski definition) is 5. The Hall–Kier alpha value is -0.460. The van der Waals surface area contributed by atoms with E-state index >= 15 is 0 Å². The summed E-state index contributed by atoms with van der Waals surface area (Å²) < 4.78 is 10.6. The number of aliphatic hydroxyl groups excluding tert-OH is 1. The lowest BCUT2D eigenvalue weighted by molar-refractivity contribution is 0.00596. The average Bonchev–Trinajstić information content (AvgIpc) is 2.91. The number of ether oxygens (including phenoxy) is 2. The fourth-order valence-electron chi connectivity index (χ4n) is 2.08. The molecule has 0 unspecified atom stereocenters. The van der Waals surface area contributed by atoms with Crippen molar-refractivity contribution in [3.63, 3.8) is 0 Å². The lowest BCUT2D eigenvalue weighted by atomic mass is 10.2. The Balaban J connectivity index is 2.35. The van der Waals surface area contributed by atoms with Gasteiger partial charge in [0.15, 0.2) is 0 Å². The highest BCUT2D eigenvalue weighted by atomic mass is 32.1. The second-order valence-electron chi connectivity index (χ2n) is 5.75. The van der Waals surface area contributed by atoms with Crippen molar-refractivity contribution in [2.75, 3.05) is 40.0 Å². The van der Waals surface area contributed by atoms with E-state index in [1.165, 1.54) is 4.88 Å². The van der Waals surface area contributed by atoms with Crippen molar-refractivity contribution in [3.8, 4) is 0 Å². The van der Waals surface area contributed by atoms with E-state index in [0.717, 1.165) is 26.1 Å². The Bertz CT molecular complexity index is 343. The first kappa shape index (κ1) is 18.6. The van der Waals surface area contributed by atoms with E-state index in [0.29, 0.717) is 25.7 Å². The van der Waals surface area contributed by atoms with Crippen LogP contribution in [0.25, 0.3) is 0 Å². The number of aliphatic hydroxyl groups is 1. The van der Waals surface area contributed by atoms with E-state index < -0.39 is 6.10 Å². The normalized spacial score (nSPS) is 13.2. The molecule has 0 aromatic carbocycles. The van der Waals surface area contributed by atoms with Crippen molar-refractivity contribution in [2.24, 2.45) is 5.92 Å². The molecule has 0 saturated heterocycles. The molecule has 1 atom stereocenters. The Morgan fingerprint density at radius 1 is 1.33 bits per heavy atom. The fourth-order valence-corrected chi connectivity index (χ4v) is 2.83. The van der Waals surface area contributed by atoms with Crippen molar-refractivity contribution in [1.82, 2.24) is 4.90 Å². The van der Waals surface area contributed by atoms with Crippen LogP contribution in [-0.2, 0) is 16.0 Å². The van der Waals surface area contributed by atoms with Crippen LogP contribution >= 0.6 is 11.3 Å². The van der Waals surface area contributed by atoms with Crippen LogP contribution in [0.3, 0.4) is 0 Å². The summed E-state index contributed by atoms with van der Waals surface area (Å²) in [5.74, 6) is 0.501. The van der Waals surface area contributed by atoms with Gasteiger partial charge in [0.1, 0.15) is 0 Å². The van der Waals surface area contributed by atoms with Gasteiger partial charge in [0.2, 0.25) is 0 Å². The van der Waals surface area contributed by atoms with Gasteiger partial charge in [0.05, 0.1) is 12.7 Å². The summed E-state index contributed by atoms with van der Waals surface area (Å²) in [4.78, 5) is 3.59. The second-order valence-corrected chi connectivity index (χ2v) is 6.78. The average molecular weight is 315 g/mol. The molecule has 4 nitrogen and oxygen atoms in total. The zero-order valence-corrected chi connectivity index (χ0v) is 14.3. The van der Waals surface area contributed by atoms with E-state index in [9.17, 15) is 5.11 Å². The van der Waals surface area contributed by atoms with Crippen molar-refractivity contribution in [2.45, 2.75) is 32.9 Å². The van der Waals surface area contributed by atoms with E-state index in [-0.39, 0.29) is 0 Å². The van der Waals surface area contributed by atoms with E-state index in [2.05, 4.69) is 36.3 Å². The number of thiophene rings is 1. The molecular weight excluding hydrogens is 286 g/mol. The summed E-state index contributed by atoms with van der Waals surface area (Å²) in [6.07, 6.45) is 0.535. The first-order valence-corrected chi connectivity index (χ1v) is 8.49. The fraction of sp³-hybridized carbons (Fsp3) is 0.750. The van der Waals surface area contributed by atoms with Crippen LogP contribution in [0, 0.1) is 5.92 Å². The molecule has 122 valence electrons. The summed E-state index contributed by atoms with van der Waals surface area (Å²) in [6, 6.07) is 4.20. The van der Waals surface area contributed by atoms with Crippen LogP contribution in [0.15, 0.2) is 17.5 Å². The summed E-state index contributed by atoms with van der Waals surface area (Å²) in [7, 11) is 1.72. The van der Waals surface area contributed by atoms with Gasteiger partial charge in [-0.25, -0.2) is 0 Å². The van der Waals surface area contributed by atoms with Crippen LogP contribution in [0.2, 0.25) is 0 Å². The van der Waals surface area contributed by atoms with Crippen molar-refractivity contribution >= 4 is 11.3 Å². The minimum Gasteiger partial charge on any atom is -0.389 e. The Kier molecular flexibility index (Phi) is 9.87. The summed E-state index contributed by atoms with van der Waals surface area (Å²) in [5.41, 5.74) is 0. The maximum Gasteiger partial charge on any atom is 0.0900 e. The Morgan fingerprint density at radius 3 is 2.76 bits per heavy atom. The first-order chi connectivity index (χ1) is 10.1. The number of rotatable bonds is 12. The molecular formula is C16H29NO3S. The number of hydrogen-bond donors (Lipinski definition) is 1. The van der Waals surface area contributed by atoms with Gasteiger partial charge < -0.3 is 14.6 Å². The monoisotopic (exact) mass is 315 g/mol. The highest BCUT2D eigenvalue weighted by Gasteiger charge is 2.13. The molecule has 0 fully saturated rings. The molecule has 0 radical (unpaired) electrons. The summed E-state index contributed by atoms with van der Waals surface area (Å²) in [6.45, 7) is 8.52. The smallest absolute Gasteiger partial charge is 0.0900 e. The van der Waals surface area contributed by atoms with Crippen molar-refractivity contribution < 1.29 is 14.6 Å². The van der Waals surface area contributed by atoms with Gasteiger partial charge in [-0.3, -0.25) is 4.90 Å². The maximum atomic E-state index is 10.1. The SMILES string of the molecule is COCCCN(Cc1cccs1)C[C@@H](O)COCC(C)C. The molecule has 0 aliphatic carbocycles. The van der Waals surface area contributed by atoms with E-state index in [1.807, 2.05) is 0 Å². The molecule has 1 rings (SSSR count). The van der Waals surface area contributed by atoms with Gasteiger partial charge in [0.25, 0.3) is 0 Å². The zero-order valence-electron chi connectivity index (χ0n) is 13.5. The topological polar surface area (TPSA) is 41.9 Å². The van der Waals surface area contributed by atoms with Crippen LogP contribution in [0.5, 0.6) is 0 Å². The molecule has 5 heteroatoms. The lowest BCUT2D eigenvalue weighted by Crippen LogP contribution is -2.35. The van der Waals surface area contributed by atoms with Crippen LogP contribution in [0.4, 0.5) is 0 Å². The van der Waals surface area contributed by atoms with Gasteiger partial charge in [-0.15, -0.1) is 11.3 Å². The molecule has 1 N–H and O–H groups in total. The van der Waals surface area contributed by atoms with Gasteiger partial charge in [-0.1, -0.05) is 19.9 Å². The van der Waals surface area contributed by atoms with Gasteiger partial charge in [-0.2, -0.15) is 0 Å². The first-order valence-electron chi connectivity index (χ1n) is 7.61. The quantitative estimate of drug-likeness (QED) is 0.602. The summed E-state index contributed by atoms with van der Waals surface area (Å²) in [5, 5.41) is 12.2. The minimum absolute atomic E-state index is 0.406. The van der Waals surface area contributed by atoms with Gasteiger partial charge in [0, 0.05) is 44.8 Å². The van der Waals surface area contributed by atoms with Crippen LogP contribution in [-0.4, -0.2) is 56.1 Å². The maximum absolute atomic E-state index is 10.1. The zero-order chi connectivity index (χ0) is 15.5. The molecule has 0 aliphatic rings. The van der Waals surface area contributed by atoms with Gasteiger partial charge >= 0.3 is 0 Å². The van der Waals surface area contributed by atoms with Gasteiger partial charge in [-0.05, 0) is 23.8 Å². The minimum atomic E-state index is -0.439. The van der Waals surface area contributed by atoms with E-state index in [4.69, 9.17) is 9.47 Å². The molecule has 0 saturated carbocycles. The molecule has 0 amide bonds. The predicted octanol–water partition coefficient (Wildman–Crippen LogP) is 2.62. The van der Waals surface area contributed by atoms with Crippen LogP contribution < -0.4 is 0 Å².